The van der Waals surface area contributed by atoms with Crippen LogP contribution in [0.15, 0.2) is 65.0 Å². The first-order valence-electron chi connectivity index (χ1n) is 10.8. The average molecular weight is 448 g/mol. The molecular weight excluding hydrogens is 422 g/mol. The number of amidine groups is 1. The predicted molar refractivity (Wildman–Crippen MR) is 127 cm³/mol. The molecule has 7 heteroatoms. The number of hydrogen-bond donors (Lipinski definition) is 0. The van der Waals surface area contributed by atoms with Crippen molar-refractivity contribution in [3.63, 3.8) is 0 Å². The van der Waals surface area contributed by atoms with Crippen molar-refractivity contribution in [1.29, 1.82) is 0 Å². The van der Waals surface area contributed by atoms with Crippen LogP contribution in [-0.2, 0) is 11.2 Å². The molecule has 0 saturated carbocycles. The number of carbonyl (C=O) groups is 1. The van der Waals surface area contributed by atoms with Crippen molar-refractivity contribution in [3.05, 3.63) is 70.4 Å². The molecule has 164 valence electrons. The number of thiophene rings is 1. The SMILES string of the molecule is COc1ccc2c(c1)C(N1CCCN(C(=O)Cc3cccs3)CC1)=Nc1ccccc1O2. The highest BCUT2D eigenvalue weighted by atomic mass is 32.1. The number of nitrogens with zero attached hydrogens (tertiary/aromatic N) is 3. The van der Waals surface area contributed by atoms with Gasteiger partial charge in [0, 0.05) is 31.1 Å². The molecule has 2 aliphatic rings. The molecule has 3 heterocycles. The lowest BCUT2D eigenvalue weighted by atomic mass is 10.1. The van der Waals surface area contributed by atoms with Crippen molar-refractivity contribution >= 4 is 28.8 Å². The van der Waals surface area contributed by atoms with Crippen molar-refractivity contribution in [2.75, 3.05) is 33.3 Å². The number of aliphatic imine (C=N–C) groups is 1. The Kier molecular flexibility index (Phi) is 5.81. The van der Waals surface area contributed by atoms with Crippen LogP contribution in [0, 0.1) is 0 Å². The second-order valence-electron chi connectivity index (χ2n) is 7.84. The van der Waals surface area contributed by atoms with Crippen LogP contribution in [0.1, 0.15) is 16.9 Å². The molecule has 0 spiro atoms. The number of carbonyl (C=O) groups excluding carboxylic acids is 1. The number of benzene rings is 2. The first kappa shape index (κ1) is 20.6. The van der Waals surface area contributed by atoms with Gasteiger partial charge < -0.3 is 19.3 Å². The van der Waals surface area contributed by atoms with E-state index in [0.29, 0.717) is 19.5 Å². The Hall–Kier alpha value is -3.32. The normalized spacial score (nSPS) is 15.6. The van der Waals surface area contributed by atoms with E-state index in [1.54, 1.807) is 18.4 Å². The highest BCUT2D eigenvalue weighted by Crippen LogP contribution is 2.39. The molecule has 2 aliphatic heterocycles. The second-order valence-corrected chi connectivity index (χ2v) is 8.88. The van der Waals surface area contributed by atoms with Gasteiger partial charge in [-0.3, -0.25) is 4.79 Å². The fourth-order valence-corrected chi connectivity index (χ4v) is 4.82. The summed E-state index contributed by atoms with van der Waals surface area (Å²) >= 11 is 1.63. The van der Waals surface area contributed by atoms with Gasteiger partial charge in [0.25, 0.3) is 0 Å². The summed E-state index contributed by atoms with van der Waals surface area (Å²) in [5, 5.41) is 2.02. The monoisotopic (exact) mass is 447 g/mol. The lowest BCUT2D eigenvalue weighted by molar-refractivity contribution is -0.130. The van der Waals surface area contributed by atoms with Crippen LogP contribution in [0.5, 0.6) is 17.2 Å². The molecule has 0 bridgehead atoms. The van der Waals surface area contributed by atoms with Crippen LogP contribution in [0.3, 0.4) is 0 Å². The zero-order valence-electron chi connectivity index (χ0n) is 18.0. The van der Waals surface area contributed by atoms with Crippen LogP contribution in [0.2, 0.25) is 0 Å². The van der Waals surface area contributed by atoms with Gasteiger partial charge in [0.2, 0.25) is 5.91 Å². The fraction of sp³-hybridized carbons (Fsp3) is 0.280. The summed E-state index contributed by atoms with van der Waals surface area (Å²) in [4.78, 5) is 23.2. The van der Waals surface area contributed by atoms with E-state index in [0.717, 1.165) is 58.7 Å². The summed E-state index contributed by atoms with van der Waals surface area (Å²) < 4.78 is 11.7. The molecule has 3 aromatic rings. The van der Waals surface area contributed by atoms with Gasteiger partial charge >= 0.3 is 0 Å². The number of amides is 1. The molecule has 0 aliphatic carbocycles. The van der Waals surface area contributed by atoms with Gasteiger partial charge in [0.05, 0.1) is 19.1 Å². The summed E-state index contributed by atoms with van der Waals surface area (Å²) in [6.45, 7) is 2.96. The maximum Gasteiger partial charge on any atom is 0.227 e. The lowest BCUT2D eigenvalue weighted by Gasteiger charge is -2.25. The largest absolute Gasteiger partial charge is 0.497 e. The molecule has 0 unspecified atom stereocenters. The Morgan fingerprint density at radius 1 is 1.06 bits per heavy atom. The number of methoxy groups -OCH3 is 1. The average Bonchev–Trinajstić information content (AvgIpc) is 3.12. The fourth-order valence-electron chi connectivity index (χ4n) is 4.12. The number of hydrogen-bond acceptors (Lipinski definition) is 6. The Balaban J connectivity index is 1.43. The van der Waals surface area contributed by atoms with Gasteiger partial charge in [-0.2, -0.15) is 0 Å². The van der Waals surface area contributed by atoms with Gasteiger partial charge in [-0.1, -0.05) is 18.2 Å². The zero-order chi connectivity index (χ0) is 21.9. The maximum atomic E-state index is 12.8. The minimum Gasteiger partial charge on any atom is -0.497 e. The smallest absolute Gasteiger partial charge is 0.227 e. The van der Waals surface area contributed by atoms with Gasteiger partial charge in [0.15, 0.2) is 5.75 Å². The van der Waals surface area contributed by atoms with Gasteiger partial charge in [-0.25, -0.2) is 4.99 Å². The number of rotatable bonds is 3. The molecule has 1 aromatic heterocycles. The molecule has 6 nitrogen and oxygen atoms in total. The summed E-state index contributed by atoms with van der Waals surface area (Å²) in [5.41, 5.74) is 1.70. The summed E-state index contributed by atoms with van der Waals surface area (Å²) in [6, 6.07) is 17.6. The third-order valence-electron chi connectivity index (χ3n) is 5.79. The van der Waals surface area contributed by atoms with Crippen molar-refractivity contribution in [2.45, 2.75) is 12.8 Å². The molecule has 0 radical (unpaired) electrons. The van der Waals surface area contributed by atoms with Gasteiger partial charge in [0.1, 0.15) is 23.0 Å². The molecule has 0 atom stereocenters. The van der Waals surface area contributed by atoms with Crippen molar-refractivity contribution < 1.29 is 14.3 Å². The van der Waals surface area contributed by atoms with Crippen LogP contribution in [0.25, 0.3) is 0 Å². The van der Waals surface area contributed by atoms with Crippen molar-refractivity contribution in [1.82, 2.24) is 9.80 Å². The highest BCUT2D eigenvalue weighted by Gasteiger charge is 2.26. The molecule has 1 fully saturated rings. The summed E-state index contributed by atoms with van der Waals surface area (Å²) in [7, 11) is 1.66. The van der Waals surface area contributed by atoms with E-state index in [4.69, 9.17) is 14.5 Å². The van der Waals surface area contributed by atoms with Crippen molar-refractivity contribution in [2.24, 2.45) is 4.99 Å². The first-order chi connectivity index (χ1) is 15.7. The third-order valence-corrected chi connectivity index (χ3v) is 6.67. The maximum absolute atomic E-state index is 12.8. The first-order valence-corrected chi connectivity index (χ1v) is 11.7. The molecule has 32 heavy (non-hydrogen) atoms. The standard InChI is InChI=1S/C25H25N3O3S/c1-30-18-9-10-22-20(16-18)25(26-21-7-2-3-8-23(21)31-22)28-12-5-11-27(13-14-28)24(29)17-19-6-4-15-32-19/h2-4,6-10,15-16H,5,11-14,17H2,1H3. The van der Waals surface area contributed by atoms with Crippen LogP contribution in [0.4, 0.5) is 5.69 Å². The highest BCUT2D eigenvalue weighted by molar-refractivity contribution is 7.10. The Morgan fingerprint density at radius 3 is 2.81 bits per heavy atom. The van der Waals surface area contributed by atoms with Gasteiger partial charge in [-0.05, 0) is 48.2 Å². The van der Waals surface area contributed by atoms with E-state index in [9.17, 15) is 4.79 Å². The third kappa shape index (κ3) is 4.21. The summed E-state index contributed by atoms with van der Waals surface area (Å²) in [5.74, 6) is 3.29. The quantitative estimate of drug-likeness (QED) is 0.583. The van der Waals surface area contributed by atoms with Crippen LogP contribution in [-0.4, -0.2) is 54.8 Å². The lowest BCUT2D eigenvalue weighted by Crippen LogP contribution is -2.38. The minimum absolute atomic E-state index is 0.188. The minimum atomic E-state index is 0.188. The van der Waals surface area contributed by atoms with Crippen LogP contribution < -0.4 is 9.47 Å². The number of para-hydroxylation sites is 2. The predicted octanol–water partition coefficient (Wildman–Crippen LogP) is 4.72. The topological polar surface area (TPSA) is 54.4 Å². The molecule has 0 N–H and O–H groups in total. The Morgan fingerprint density at radius 2 is 1.97 bits per heavy atom. The molecule has 5 rings (SSSR count). The Bertz CT molecular complexity index is 1140. The Labute approximate surface area is 191 Å². The van der Waals surface area contributed by atoms with E-state index in [-0.39, 0.29) is 5.91 Å². The van der Waals surface area contributed by atoms with E-state index < -0.39 is 0 Å². The van der Waals surface area contributed by atoms with Gasteiger partial charge in [-0.15, -0.1) is 11.3 Å². The number of ether oxygens (including phenoxy) is 2. The van der Waals surface area contributed by atoms with Crippen LogP contribution >= 0.6 is 11.3 Å². The van der Waals surface area contributed by atoms with E-state index in [1.165, 1.54) is 0 Å². The zero-order valence-corrected chi connectivity index (χ0v) is 18.8. The summed E-state index contributed by atoms with van der Waals surface area (Å²) in [6.07, 6.45) is 1.36. The molecule has 2 aromatic carbocycles. The molecular formula is C25H25N3O3S. The van der Waals surface area contributed by atoms with Crippen molar-refractivity contribution in [3.8, 4) is 17.2 Å². The molecule has 1 saturated heterocycles. The van der Waals surface area contributed by atoms with E-state index in [2.05, 4.69) is 4.90 Å². The van der Waals surface area contributed by atoms with E-state index in [1.807, 2.05) is 64.9 Å². The number of fused-ring (bicyclic) bond motifs is 2. The molecule has 1 amide bonds. The van der Waals surface area contributed by atoms with E-state index >= 15 is 0 Å². The second kappa shape index (κ2) is 9.04.